The smallest absolute Gasteiger partial charge is 0.254 e. The molecule has 0 bridgehead atoms. The number of benzene rings is 1. The number of amides is 1. The first-order valence-electron chi connectivity index (χ1n) is 5.51. The van der Waals surface area contributed by atoms with Gasteiger partial charge in [0, 0.05) is 17.5 Å². The van der Waals surface area contributed by atoms with Crippen molar-refractivity contribution in [3.8, 4) is 5.75 Å². The monoisotopic (exact) mass is 262 g/mol. The Hall–Kier alpha value is -1.88. The van der Waals surface area contributed by atoms with Gasteiger partial charge < -0.3 is 10.0 Å². The molecule has 1 aromatic carbocycles. The van der Waals surface area contributed by atoms with Crippen LogP contribution >= 0.6 is 11.3 Å². The van der Waals surface area contributed by atoms with Gasteiger partial charge in [-0.25, -0.2) is 4.98 Å². The third kappa shape index (κ3) is 2.68. The summed E-state index contributed by atoms with van der Waals surface area (Å²) in [6.45, 7) is 2.46. The van der Waals surface area contributed by atoms with Crippen LogP contribution in [0.2, 0.25) is 0 Å². The Morgan fingerprint density at radius 1 is 1.50 bits per heavy atom. The molecule has 1 aromatic heterocycles. The molecule has 18 heavy (non-hydrogen) atoms. The van der Waals surface area contributed by atoms with E-state index in [0.29, 0.717) is 12.1 Å². The Balaban J connectivity index is 2.12. The third-order valence-electron chi connectivity index (χ3n) is 2.67. The lowest BCUT2D eigenvalue weighted by Crippen LogP contribution is -2.26. The first kappa shape index (κ1) is 12.6. The molecular formula is C13H14N2O2S. The SMILES string of the molecule is Cc1ncsc1CN(C)C(=O)c1cccc(O)c1. The third-order valence-corrected chi connectivity index (χ3v) is 3.59. The molecule has 0 saturated heterocycles. The van der Waals surface area contributed by atoms with Crippen molar-refractivity contribution in [2.75, 3.05) is 7.05 Å². The molecule has 2 aromatic rings. The summed E-state index contributed by atoms with van der Waals surface area (Å²) in [5.74, 6) is -0.0121. The summed E-state index contributed by atoms with van der Waals surface area (Å²) in [7, 11) is 1.74. The van der Waals surface area contributed by atoms with E-state index in [1.165, 1.54) is 17.4 Å². The molecule has 0 spiro atoms. The first-order chi connectivity index (χ1) is 8.58. The van der Waals surface area contributed by atoms with E-state index in [2.05, 4.69) is 4.98 Å². The minimum absolute atomic E-state index is 0.100. The summed E-state index contributed by atoms with van der Waals surface area (Å²) in [6.07, 6.45) is 0. The van der Waals surface area contributed by atoms with Crippen molar-refractivity contribution in [1.29, 1.82) is 0 Å². The normalized spacial score (nSPS) is 10.3. The van der Waals surface area contributed by atoms with Gasteiger partial charge in [-0.2, -0.15) is 0 Å². The van der Waals surface area contributed by atoms with Crippen LogP contribution < -0.4 is 0 Å². The number of aromatic nitrogens is 1. The number of nitrogens with zero attached hydrogens (tertiary/aromatic N) is 2. The van der Waals surface area contributed by atoms with E-state index in [1.54, 1.807) is 35.7 Å². The second-order valence-corrected chi connectivity index (χ2v) is 5.01. The molecule has 1 amide bonds. The van der Waals surface area contributed by atoms with Gasteiger partial charge >= 0.3 is 0 Å². The van der Waals surface area contributed by atoms with Crippen molar-refractivity contribution in [1.82, 2.24) is 9.88 Å². The van der Waals surface area contributed by atoms with Crippen molar-refractivity contribution >= 4 is 17.2 Å². The van der Waals surface area contributed by atoms with Crippen molar-refractivity contribution in [2.24, 2.45) is 0 Å². The molecule has 4 nitrogen and oxygen atoms in total. The molecule has 0 fully saturated rings. The first-order valence-corrected chi connectivity index (χ1v) is 6.39. The lowest BCUT2D eigenvalue weighted by molar-refractivity contribution is 0.0786. The number of hydrogen-bond acceptors (Lipinski definition) is 4. The van der Waals surface area contributed by atoms with E-state index >= 15 is 0 Å². The van der Waals surface area contributed by atoms with Gasteiger partial charge in [0.1, 0.15) is 5.75 Å². The molecule has 0 aliphatic rings. The van der Waals surface area contributed by atoms with E-state index < -0.39 is 0 Å². The highest BCUT2D eigenvalue weighted by atomic mass is 32.1. The summed E-state index contributed by atoms with van der Waals surface area (Å²) < 4.78 is 0. The summed E-state index contributed by atoms with van der Waals surface area (Å²) in [5.41, 5.74) is 3.22. The van der Waals surface area contributed by atoms with Crippen molar-refractivity contribution in [3.63, 3.8) is 0 Å². The predicted octanol–water partition coefficient (Wildman–Crippen LogP) is 2.43. The van der Waals surface area contributed by atoms with E-state index in [4.69, 9.17) is 0 Å². The van der Waals surface area contributed by atoms with E-state index in [9.17, 15) is 9.90 Å². The van der Waals surface area contributed by atoms with Gasteiger partial charge in [0.05, 0.1) is 17.7 Å². The fourth-order valence-electron chi connectivity index (χ4n) is 1.62. The fraction of sp³-hybridized carbons (Fsp3) is 0.231. The minimum atomic E-state index is -0.112. The predicted molar refractivity (Wildman–Crippen MR) is 70.8 cm³/mol. The second-order valence-electron chi connectivity index (χ2n) is 4.07. The lowest BCUT2D eigenvalue weighted by atomic mass is 10.2. The van der Waals surface area contributed by atoms with Crippen LogP contribution in [-0.4, -0.2) is 27.9 Å². The van der Waals surface area contributed by atoms with Crippen LogP contribution in [-0.2, 0) is 6.54 Å². The van der Waals surface area contributed by atoms with Gasteiger partial charge in [-0.1, -0.05) is 6.07 Å². The molecule has 0 aliphatic carbocycles. The molecule has 94 valence electrons. The molecule has 0 atom stereocenters. The molecule has 0 saturated carbocycles. The molecule has 0 aliphatic heterocycles. The summed E-state index contributed by atoms with van der Waals surface area (Å²) >= 11 is 1.54. The van der Waals surface area contributed by atoms with E-state index in [-0.39, 0.29) is 11.7 Å². The molecule has 0 unspecified atom stereocenters. The molecule has 2 rings (SSSR count). The number of hydrogen-bond donors (Lipinski definition) is 1. The van der Waals surface area contributed by atoms with Gasteiger partial charge in [0.2, 0.25) is 0 Å². The number of phenolic OH excluding ortho intramolecular Hbond substituents is 1. The highest BCUT2D eigenvalue weighted by molar-refractivity contribution is 7.09. The topological polar surface area (TPSA) is 53.4 Å². The number of aryl methyl sites for hydroxylation is 1. The van der Waals surface area contributed by atoms with Crippen LogP contribution in [0, 0.1) is 6.92 Å². The number of carbonyl (C=O) groups excluding carboxylic acids is 1. The van der Waals surface area contributed by atoms with Crippen molar-refractivity contribution in [3.05, 3.63) is 45.9 Å². The van der Waals surface area contributed by atoms with Gasteiger partial charge in [-0.15, -0.1) is 11.3 Å². The zero-order valence-electron chi connectivity index (χ0n) is 10.3. The maximum absolute atomic E-state index is 12.1. The largest absolute Gasteiger partial charge is 0.508 e. The Bertz CT molecular complexity index is 566. The number of rotatable bonds is 3. The molecular weight excluding hydrogens is 248 g/mol. The average Bonchev–Trinajstić information content (AvgIpc) is 2.74. The zero-order chi connectivity index (χ0) is 13.1. The van der Waals surface area contributed by atoms with Crippen LogP contribution in [0.1, 0.15) is 20.9 Å². The highest BCUT2D eigenvalue weighted by Gasteiger charge is 2.14. The van der Waals surface area contributed by atoms with Crippen LogP contribution in [0.15, 0.2) is 29.8 Å². The molecule has 0 radical (unpaired) electrons. The van der Waals surface area contributed by atoms with E-state index in [1.807, 2.05) is 6.92 Å². The number of aromatic hydroxyl groups is 1. The molecule has 5 heteroatoms. The summed E-state index contributed by atoms with van der Waals surface area (Å²) in [4.78, 5) is 19.0. The fourth-order valence-corrected chi connectivity index (χ4v) is 2.45. The average molecular weight is 262 g/mol. The highest BCUT2D eigenvalue weighted by Crippen LogP contribution is 2.17. The molecule has 1 heterocycles. The van der Waals surface area contributed by atoms with Crippen LogP contribution in [0.5, 0.6) is 5.75 Å². The lowest BCUT2D eigenvalue weighted by Gasteiger charge is -2.16. The Labute approximate surface area is 110 Å². The van der Waals surface area contributed by atoms with Gasteiger partial charge in [-0.05, 0) is 25.1 Å². The maximum Gasteiger partial charge on any atom is 0.254 e. The standard InChI is InChI=1S/C13H14N2O2S/c1-9-12(18-8-14-9)7-15(2)13(17)10-4-3-5-11(16)6-10/h3-6,8,16H,7H2,1-2H3. The quantitative estimate of drug-likeness (QED) is 0.924. The molecule has 1 N–H and O–H groups in total. The minimum Gasteiger partial charge on any atom is -0.508 e. The van der Waals surface area contributed by atoms with Crippen LogP contribution in [0.25, 0.3) is 0 Å². The number of thiazole rings is 1. The van der Waals surface area contributed by atoms with Crippen LogP contribution in [0.4, 0.5) is 0 Å². The number of phenols is 1. The Morgan fingerprint density at radius 2 is 2.28 bits per heavy atom. The Kier molecular flexibility index (Phi) is 3.62. The second kappa shape index (κ2) is 5.18. The van der Waals surface area contributed by atoms with Crippen molar-refractivity contribution in [2.45, 2.75) is 13.5 Å². The zero-order valence-corrected chi connectivity index (χ0v) is 11.1. The summed E-state index contributed by atoms with van der Waals surface area (Å²) in [5, 5.41) is 9.37. The van der Waals surface area contributed by atoms with Gasteiger partial charge in [-0.3, -0.25) is 4.79 Å². The van der Waals surface area contributed by atoms with Crippen LogP contribution in [0.3, 0.4) is 0 Å². The van der Waals surface area contributed by atoms with E-state index in [0.717, 1.165) is 10.6 Å². The summed E-state index contributed by atoms with van der Waals surface area (Å²) in [6, 6.07) is 6.37. The number of carbonyl (C=O) groups is 1. The van der Waals surface area contributed by atoms with Crippen molar-refractivity contribution < 1.29 is 9.90 Å². The maximum atomic E-state index is 12.1. The Morgan fingerprint density at radius 3 is 2.89 bits per heavy atom. The van der Waals surface area contributed by atoms with Gasteiger partial charge in [0.15, 0.2) is 0 Å². The van der Waals surface area contributed by atoms with Gasteiger partial charge in [0.25, 0.3) is 5.91 Å².